The first-order valence-electron chi connectivity index (χ1n) is 16.0. The van der Waals surface area contributed by atoms with E-state index in [0.717, 1.165) is 37.7 Å². The lowest BCUT2D eigenvalue weighted by atomic mass is 9.95. The predicted octanol–water partition coefficient (Wildman–Crippen LogP) is 3.36. The molecule has 1 saturated heterocycles. The molecule has 2 fully saturated rings. The zero-order valence-corrected chi connectivity index (χ0v) is 26.1. The summed E-state index contributed by atoms with van der Waals surface area (Å²) in [7, 11) is 1.63. The lowest BCUT2D eigenvalue weighted by Crippen LogP contribution is -2.53. The van der Waals surface area contributed by atoms with Crippen LogP contribution in [0.15, 0.2) is 48.5 Å². The van der Waals surface area contributed by atoms with Gasteiger partial charge in [0, 0.05) is 63.0 Å². The van der Waals surface area contributed by atoms with Crippen molar-refractivity contribution in [2.75, 3.05) is 38.3 Å². The summed E-state index contributed by atoms with van der Waals surface area (Å²) in [4.78, 5) is 40.7. The number of nitrogens with one attached hydrogen (secondary N) is 3. The Hall–Kier alpha value is -3.47. The molecule has 1 heterocycles. The summed E-state index contributed by atoms with van der Waals surface area (Å²) >= 11 is 0. The molecule has 4 N–H and O–H groups in total. The number of carbonyl (C=O) groups excluding carboxylic acids is 3. The number of nitrogens with zero attached hydrogens (tertiary/aromatic N) is 1. The summed E-state index contributed by atoms with van der Waals surface area (Å²) in [5.41, 5.74) is 1.91. The van der Waals surface area contributed by atoms with Crippen molar-refractivity contribution in [1.82, 2.24) is 16.0 Å². The Morgan fingerprint density at radius 3 is 2.52 bits per heavy atom. The highest BCUT2D eigenvalue weighted by Gasteiger charge is 2.27. The third kappa shape index (κ3) is 10.0. The molecule has 0 radical (unpaired) electrons. The van der Waals surface area contributed by atoms with Crippen LogP contribution in [0.2, 0.25) is 0 Å². The largest absolute Gasteiger partial charge is 0.493 e. The molecule has 0 aromatic heterocycles. The Bertz CT molecular complexity index is 1220. The number of ether oxygens (including phenoxy) is 2. The Labute approximate surface area is 260 Å². The van der Waals surface area contributed by atoms with Crippen LogP contribution in [-0.4, -0.2) is 80.5 Å². The molecule has 2 aliphatic rings. The van der Waals surface area contributed by atoms with Gasteiger partial charge in [0.15, 0.2) is 0 Å². The van der Waals surface area contributed by atoms with Crippen molar-refractivity contribution in [2.45, 2.75) is 88.9 Å². The maximum Gasteiger partial charge on any atom is 0.251 e. The van der Waals surface area contributed by atoms with E-state index in [1.807, 2.05) is 30.3 Å². The van der Waals surface area contributed by atoms with Crippen LogP contribution in [0.4, 0.5) is 5.69 Å². The average Bonchev–Trinajstić information content (AvgIpc) is 3.48. The number of benzene rings is 2. The van der Waals surface area contributed by atoms with Crippen molar-refractivity contribution in [1.29, 1.82) is 0 Å². The van der Waals surface area contributed by atoms with E-state index < -0.39 is 18.2 Å². The molecule has 10 nitrogen and oxygen atoms in total. The SMILES string of the molecule is COCCCOc1cc(C(=O)N[C@@H](Cc2ccccc2)[C@@H](O)CN[C@@H](C)C(=O)NC2CCCCC2)cc(N2CCCC2=O)c1. The van der Waals surface area contributed by atoms with Gasteiger partial charge < -0.3 is 35.4 Å². The predicted molar refractivity (Wildman–Crippen MR) is 170 cm³/mol. The van der Waals surface area contributed by atoms with E-state index in [4.69, 9.17) is 9.47 Å². The second-order valence-electron chi connectivity index (χ2n) is 11.9. The number of carbonyl (C=O) groups is 3. The molecule has 2 aromatic carbocycles. The van der Waals surface area contributed by atoms with Crippen LogP contribution in [0.3, 0.4) is 0 Å². The van der Waals surface area contributed by atoms with Crippen LogP contribution >= 0.6 is 0 Å². The zero-order valence-electron chi connectivity index (χ0n) is 26.1. The summed E-state index contributed by atoms with van der Waals surface area (Å²) in [5, 5.41) is 20.6. The van der Waals surface area contributed by atoms with Gasteiger partial charge in [-0.1, -0.05) is 49.6 Å². The standard InChI is InChI=1S/C34H48N4O6/c1-24(33(41)36-27-13-7-4-8-14-27)35-23-31(39)30(19-25-11-5-3-6-12-25)37-34(42)26-20-28(38-16-9-15-32(38)40)22-29(21-26)44-18-10-17-43-2/h3,5-6,11-12,20-22,24,27,30-31,35,39H,4,7-10,13-19,23H2,1-2H3,(H,36,41)(H,37,42)/t24-,30-,31-/m0/s1. The molecule has 0 spiro atoms. The van der Waals surface area contributed by atoms with Gasteiger partial charge in [-0.15, -0.1) is 0 Å². The van der Waals surface area contributed by atoms with Crippen molar-refractivity contribution < 1.29 is 29.0 Å². The average molecular weight is 609 g/mol. The first kappa shape index (κ1) is 33.4. The normalized spacial score (nSPS) is 17.6. The topological polar surface area (TPSA) is 129 Å². The van der Waals surface area contributed by atoms with Gasteiger partial charge >= 0.3 is 0 Å². The first-order chi connectivity index (χ1) is 21.3. The monoisotopic (exact) mass is 608 g/mol. The van der Waals surface area contributed by atoms with Crippen LogP contribution in [0, 0.1) is 0 Å². The maximum absolute atomic E-state index is 13.7. The van der Waals surface area contributed by atoms with Gasteiger partial charge in [0.05, 0.1) is 24.8 Å². The van der Waals surface area contributed by atoms with Crippen LogP contribution in [0.25, 0.3) is 0 Å². The molecule has 1 aliphatic carbocycles. The Morgan fingerprint density at radius 2 is 1.82 bits per heavy atom. The van der Waals surface area contributed by atoms with E-state index in [9.17, 15) is 19.5 Å². The fourth-order valence-corrected chi connectivity index (χ4v) is 5.78. The highest BCUT2D eigenvalue weighted by atomic mass is 16.5. The summed E-state index contributed by atoms with van der Waals surface area (Å²) < 4.78 is 11.0. The summed E-state index contributed by atoms with van der Waals surface area (Å²) in [5.74, 6) is 0.0309. The molecule has 2 aromatic rings. The highest BCUT2D eigenvalue weighted by Crippen LogP contribution is 2.28. The van der Waals surface area contributed by atoms with Gasteiger partial charge in [-0.05, 0) is 50.3 Å². The van der Waals surface area contributed by atoms with Gasteiger partial charge in [-0.2, -0.15) is 0 Å². The van der Waals surface area contributed by atoms with Gasteiger partial charge in [0.1, 0.15) is 5.75 Å². The van der Waals surface area contributed by atoms with Crippen LogP contribution in [0.5, 0.6) is 5.75 Å². The maximum atomic E-state index is 13.7. The lowest BCUT2D eigenvalue weighted by Gasteiger charge is -2.28. The number of aliphatic hydroxyl groups excluding tert-OH is 1. The summed E-state index contributed by atoms with van der Waals surface area (Å²) in [6.45, 7) is 3.44. The van der Waals surface area contributed by atoms with Crippen molar-refractivity contribution in [3.8, 4) is 5.75 Å². The second kappa shape index (κ2) is 17.1. The number of aliphatic hydroxyl groups is 1. The van der Waals surface area contributed by atoms with Crippen molar-refractivity contribution in [2.24, 2.45) is 0 Å². The van der Waals surface area contributed by atoms with Crippen LogP contribution in [0.1, 0.15) is 74.2 Å². The number of hydrogen-bond acceptors (Lipinski definition) is 7. The fraction of sp³-hybridized carbons (Fsp3) is 0.559. The lowest BCUT2D eigenvalue weighted by molar-refractivity contribution is -0.123. The van der Waals surface area contributed by atoms with Crippen LogP contribution in [-0.2, 0) is 20.7 Å². The number of hydrogen-bond donors (Lipinski definition) is 4. The quantitative estimate of drug-likeness (QED) is 0.215. The molecule has 3 amide bonds. The number of amides is 3. The number of anilines is 1. The molecule has 0 bridgehead atoms. The number of methoxy groups -OCH3 is 1. The molecular weight excluding hydrogens is 560 g/mol. The highest BCUT2D eigenvalue weighted by molar-refractivity contribution is 5.99. The van der Waals surface area contributed by atoms with E-state index in [0.29, 0.717) is 56.0 Å². The van der Waals surface area contributed by atoms with E-state index in [1.54, 1.807) is 37.1 Å². The smallest absolute Gasteiger partial charge is 0.251 e. The summed E-state index contributed by atoms with van der Waals surface area (Å²) in [6, 6.07) is 13.9. The van der Waals surface area contributed by atoms with Gasteiger partial charge in [0.25, 0.3) is 5.91 Å². The van der Waals surface area contributed by atoms with E-state index in [-0.39, 0.29) is 30.3 Å². The molecule has 1 saturated carbocycles. The third-order valence-corrected chi connectivity index (χ3v) is 8.36. The van der Waals surface area contributed by atoms with E-state index >= 15 is 0 Å². The van der Waals surface area contributed by atoms with Gasteiger partial charge in [0.2, 0.25) is 11.8 Å². The molecule has 0 unspecified atom stereocenters. The van der Waals surface area contributed by atoms with Crippen LogP contribution < -0.4 is 25.6 Å². The Kier molecular flexibility index (Phi) is 13.0. The zero-order chi connectivity index (χ0) is 31.3. The first-order valence-corrected chi connectivity index (χ1v) is 16.0. The molecule has 44 heavy (non-hydrogen) atoms. The number of rotatable bonds is 16. The minimum Gasteiger partial charge on any atom is -0.493 e. The molecule has 10 heteroatoms. The van der Waals surface area contributed by atoms with E-state index in [1.165, 1.54) is 6.42 Å². The van der Waals surface area contributed by atoms with Gasteiger partial charge in [-0.25, -0.2) is 0 Å². The molecule has 4 rings (SSSR count). The molecule has 240 valence electrons. The van der Waals surface area contributed by atoms with Crippen molar-refractivity contribution in [3.63, 3.8) is 0 Å². The minimum absolute atomic E-state index is 0.0120. The van der Waals surface area contributed by atoms with Crippen molar-refractivity contribution in [3.05, 3.63) is 59.7 Å². The second-order valence-corrected chi connectivity index (χ2v) is 11.9. The molecule has 1 aliphatic heterocycles. The summed E-state index contributed by atoms with van der Waals surface area (Å²) in [6.07, 6.45) is 6.80. The van der Waals surface area contributed by atoms with Gasteiger partial charge in [-0.3, -0.25) is 14.4 Å². The van der Waals surface area contributed by atoms with E-state index in [2.05, 4.69) is 16.0 Å². The third-order valence-electron chi connectivity index (χ3n) is 8.36. The molecule has 3 atom stereocenters. The Balaban J connectivity index is 1.46. The fourth-order valence-electron chi connectivity index (χ4n) is 5.78. The van der Waals surface area contributed by atoms with Crippen molar-refractivity contribution >= 4 is 23.4 Å². The molecular formula is C34H48N4O6. The minimum atomic E-state index is -0.975. The Morgan fingerprint density at radius 1 is 1.05 bits per heavy atom.